The van der Waals surface area contributed by atoms with Crippen LogP contribution in [0.3, 0.4) is 0 Å². The molecule has 1 aromatic rings. The first-order valence-electron chi connectivity index (χ1n) is 9.40. The minimum atomic E-state index is -0.0440. The van der Waals surface area contributed by atoms with E-state index in [1.165, 1.54) is 38.8 Å². The molecule has 1 amide bonds. The van der Waals surface area contributed by atoms with Gasteiger partial charge in [0.25, 0.3) is 5.91 Å². The zero-order chi connectivity index (χ0) is 18.0. The van der Waals surface area contributed by atoms with Gasteiger partial charge in [-0.2, -0.15) is 0 Å². The summed E-state index contributed by atoms with van der Waals surface area (Å²) in [6.07, 6.45) is 5.25. The second-order valence-electron chi connectivity index (χ2n) is 7.83. The van der Waals surface area contributed by atoms with Crippen molar-refractivity contribution in [2.24, 2.45) is 11.8 Å². The molecule has 138 valence electrons. The highest BCUT2D eigenvalue weighted by molar-refractivity contribution is 6.34. The molecule has 0 atom stereocenters. The Morgan fingerprint density at radius 3 is 2.12 bits per heavy atom. The molecule has 0 spiro atoms. The van der Waals surface area contributed by atoms with Crippen molar-refractivity contribution in [3.8, 4) is 0 Å². The van der Waals surface area contributed by atoms with Gasteiger partial charge in [-0.05, 0) is 75.9 Å². The lowest BCUT2D eigenvalue weighted by atomic mass is 9.79. The number of benzene rings is 1. The number of anilines is 1. The average molecular weight is 364 g/mol. The molecule has 25 heavy (non-hydrogen) atoms. The van der Waals surface area contributed by atoms with E-state index in [0.717, 1.165) is 30.6 Å². The summed E-state index contributed by atoms with van der Waals surface area (Å²) in [5, 5.41) is 0.550. The van der Waals surface area contributed by atoms with Crippen molar-refractivity contribution in [3.63, 3.8) is 0 Å². The molecule has 2 heterocycles. The van der Waals surface area contributed by atoms with Crippen LogP contribution in [0.2, 0.25) is 5.02 Å². The minimum Gasteiger partial charge on any atom is -0.371 e. The van der Waals surface area contributed by atoms with E-state index in [-0.39, 0.29) is 5.91 Å². The Kier molecular flexibility index (Phi) is 5.90. The minimum absolute atomic E-state index is 0.0440. The highest BCUT2D eigenvalue weighted by Crippen LogP contribution is 2.34. The molecule has 4 nitrogen and oxygen atoms in total. The number of piperidine rings is 2. The summed E-state index contributed by atoms with van der Waals surface area (Å²) in [6.45, 7) is 4.69. The normalized spacial score (nSPS) is 20.7. The maximum Gasteiger partial charge on any atom is 0.254 e. The van der Waals surface area contributed by atoms with Crippen LogP contribution in [0.4, 0.5) is 5.69 Å². The van der Waals surface area contributed by atoms with E-state index < -0.39 is 0 Å². The molecule has 2 fully saturated rings. The lowest BCUT2D eigenvalue weighted by molar-refractivity contribution is 0.0828. The number of carbonyl (C=O) groups excluding carboxylic acids is 1. The van der Waals surface area contributed by atoms with Gasteiger partial charge in [-0.15, -0.1) is 0 Å². The van der Waals surface area contributed by atoms with E-state index in [1.54, 1.807) is 19.0 Å². The first-order chi connectivity index (χ1) is 12.0. The van der Waals surface area contributed by atoms with Crippen LogP contribution in [0.25, 0.3) is 0 Å². The summed E-state index contributed by atoms with van der Waals surface area (Å²) in [5.41, 5.74) is 1.72. The fourth-order valence-electron chi connectivity index (χ4n) is 4.24. The van der Waals surface area contributed by atoms with Crippen molar-refractivity contribution in [1.29, 1.82) is 0 Å². The van der Waals surface area contributed by atoms with Crippen molar-refractivity contribution in [2.45, 2.75) is 25.7 Å². The maximum absolute atomic E-state index is 12.1. The number of rotatable bonds is 3. The zero-order valence-electron chi connectivity index (χ0n) is 15.7. The number of carbonyl (C=O) groups is 1. The number of amides is 1. The van der Waals surface area contributed by atoms with Gasteiger partial charge in [-0.1, -0.05) is 11.6 Å². The van der Waals surface area contributed by atoms with Crippen LogP contribution in [0.1, 0.15) is 36.0 Å². The fourth-order valence-corrected chi connectivity index (χ4v) is 4.50. The molecule has 2 saturated heterocycles. The molecular formula is C20H30ClN3O. The molecule has 0 unspecified atom stereocenters. The first kappa shape index (κ1) is 18.5. The SMILES string of the molecule is CN1CCC(C2CCN(c3ccc(C(=O)N(C)C)c(Cl)c3)CC2)CC1. The van der Waals surface area contributed by atoms with Crippen molar-refractivity contribution in [3.05, 3.63) is 28.8 Å². The van der Waals surface area contributed by atoms with E-state index in [0.29, 0.717) is 10.6 Å². The Bertz CT molecular complexity index is 603. The van der Waals surface area contributed by atoms with Gasteiger partial charge in [-0.3, -0.25) is 4.79 Å². The Morgan fingerprint density at radius 2 is 1.60 bits per heavy atom. The fraction of sp³-hybridized carbons (Fsp3) is 0.650. The first-order valence-corrected chi connectivity index (χ1v) is 9.78. The Hall–Kier alpha value is -1.26. The monoisotopic (exact) mass is 363 g/mol. The molecule has 3 rings (SSSR count). The van der Waals surface area contributed by atoms with Crippen LogP contribution in [-0.4, -0.2) is 63.0 Å². The second kappa shape index (κ2) is 7.96. The Balaban J connectivity index is 1.59. The summed E-state index contributed by atoms with van der Waals surface area (Å²) >= 11 is 6.37. The predicted molar refractivity (Wildman–Crippen MR) is 105 cm³/mol. The van der Waals surface area contributed by atoms with Crippen molar-refractivity contribution in [1.82, 2.24) is 9.80 Å². The third-order valence-corrected chi connectivity index (χ3v) is 6.24. The molecule has 1 aromatic carbocycles. The van der Waals surface area contributed by atoms with Crippen molar-refractivity contribution < 1.29 is 4.79 Å². The maximum atomic E-state index is 12.1. The standard InChI is InChI=1S/C20H30ClN3O/c1-22(2)20(25)18-5-4-17(14-19(18)21)24-12-8-16(9-13-24)15-6-10-23(3)11-7-15/h4-5,14-16H,6-13H2,1-3H3. The van der Waals surface area contributed by atoms with Gasteiger partial charge in [0, 0.05) is 32.9 Å². The molecule has 2 aliphatic heterocycles. The quantitative estimate of drug-likeness (QED) is 0.820. The summed E-state index contributed by atoms with van der Waals surface area (Å²) in [4.78, 5) is 18.5. The highest BCUT2D eigenvalue weighted by atomic mass is 35.5. The lowest BCUT2D eigenvalue weighted by Crippen LogP contribution is -2.39. The van der Waals surface area contributed by atoms with Gasteiger partial charge in [0.15, 0.2) is 0 Å². The number of likely N-dealkylation sites (tertiary alicyclic amines) is 1. The van der Waals surface area contributed by atoms with E-state index in [2.05, 4.69) is 16.8 Å². The van der Waals surface area contributed by atoms with E-state index >= 15 is 0 Å². The van der Waals surface area contributed by atoms with Gasteiger partial charge in [-0.25, -0.2) is 0 Å². The summed E-state index contributed by atoms with van der Waals surface area (Å²) in [6, 6.07) is 5.86. The summed E-state index contributed by atoms with van der Waals surface area (Å²) < 4.78 is 0. The third-order valence-electron chi connectivity index (χ3n) is 5.92. The van der Waals surface area contributed by atoms with Crippen LogP contribution in [-0.2, 0) is 0 Å². The Morgan fingerprint density at radius 1 is 1.04 bits per heavy atom. The van der Waals surface area contributed by atoms with E-state index in [1.807, 2.05) is 18.2 Å². The van der Waals surface area contributed by atoms with Gasteiger partial charge in [0.1, 0.15) is 0 Å². The molecule has 0 bridgehead atoms. The third kappa shape index (κ3) is 4.29. The average Bonchev–Trinajstić information content (AvgIpc) is 2.62. The van der Waals surface area contributed by atoms with Gasteiger partial charge in [0.05, 0.1) is 10.6 Å². The summed E-state index contributed by atoms with van der Waals surface area (Å²) in [7, 11) is 5.73. The second-order valence-corrected chi connectivity index (χ2v) is 8.24. The lowest BCUT2D eigenvalue weighted by Gasteiger charge is -2.40. The van der Waals surface area contributed by atoms with Crippen LogP contribution in [0.15, 0.2) is 18.2 Å². The highest BCUT2D eigenvalue weighted by Gasteiger charge is 2.29. The van der Waals surface area contributed by atoms with Crippen LogP contribution in [0, 0.1) is 11.8 Å². The topological polar surface area (TPSA) is 26.8 Å². The van der Waals surface area contributed by atoms with Gasteiger partial charge in [0.2, 0.25) is 0 Å². The molecule has 5 heteroatoms. The van der Waals surface area contributed by atoms with E-state index in [9.17, 15) is 4.79 Å². The molecule has 0 aromatic heterocycles. The predicted octanol–water partition coefficient (Wildman–Crippen LogP) is 3.60. The van der Waals surface area contributed by atoms with Crippen molar-refractivity contribution >= 4 is 23.2 Å². The molecular weight excluding hydrogens is 334 g/mol. The number of halogens is 1. The largest absolute Gasteiger partial charge is 0.371 e. The van der Waals surface area contributed by atoms with Crippen LogP contribution >= 0.6 is 11.6 Å². The van der Waals surface area contributed by atoms with Gasteiger partial charge >= 0.3 is 0 Å². The van der Waals surface area contributed by atoms with Crippen LogP contribution < -0.4 is 4.90 Å². The molecule has 0 saturated carbocycles. The molecule has 0 radical (unpaired) electrons. The molecule has 0 aliphatic carbocycles. The molecule has 2 aliphatic rings. The molecule has 0 N–H and O–H groups in total. The Labute approximate surface area is 156 Å². The van der Waals surface area contributed by atoms with Crippen LogP contribution in [0.5, 0.6) is 0 Å². The van der Waals surface area contributed by atoms with Gasteiger partial charge < -0.3 is 14.7 Å². The summed E-state index contributed by atoms with van der Waals surface area (Å²) in [5.74, 6) is 1.73. The number of hydrogen-bond acceptors (Lipinski definition) is 3. The van der Waals surface area contributed by atoms with Crippen molar-refractivity contribution in [2.75, 3.05) is 52.2 Å². The smallest absolute Gasteiger partial charge is 0.254 e. The number of nitrogens with zero attached hydrogens (tertiary/aromatic N) is 3. The number of hydrogen-bond donors (Lipinski definition) is 0. The zero-order valence-corrected chi connectivity index (χ0v) is 16.4. The van der Waals surface area contributed by atoms with E-state index in [4.69, 9.17) is 11.6 Å².